The highest BCUT2D eigenvalue weighted by atomic mass is 19.2. The van der Waals surface area contributed by atoms with E-state index in [2.05, 4.69) is 5.32 Å². The second-order valence-corrected chi connectivity index (χ2v) is 6.20. The van der Waals surface area contributed by atoms with Gasteiger partial charge in [0.1, 0.15) is 6.04 Å². The van der Waals surface area contributed by atoms with E-state index in [-0.39, 0.29) is 5.91 Å². The molecule has 0 aliphatic carbocycles. The molecule has 0 aromatic heterocycles. The monoisotopic (exact) mass is 362 g/mol. The predicted octanol–water partition coefficient (Wildman–Crippen LogP) is 2.81. The first-order chi connectivity index (χ1) is 12.4. The van der Waals surface area contributed by atoms with Crippen molar-refractivity contribution in [3.8, 4) is 0 Å². The Balaban J connectivity index is 1.68. The van der Waals surface area contributed by atoms with Gasteiger partial charge in [-0.3, -0.25) is 9.59 Å². The number of hydrogen-bond acceptors (Lipinski definition) is 2. The molecule has 1 aliphatic rings. The molecule has 0 spiro atoms. The molecule has 1 aliphatic heterocycles. The summed E-state index contributed by atoms with van der Waals surface area (Å²) in [4.78, 5) is 26.3. The Morgan fingerprint density at radius 3 is 2.46 bits per heavy atom. The normalized spacial score (nSPS) is 14.5. The number of halogens is 3. The summed E-state index contributed by atoms with van der Waals surface area (Å²) in [6.45, 7) is 2.41. The van der Waals surface area contributed by atoms with E-state index in [1.807, 2.05) is 24.3 Å². The van der Waals surface area contributed by atoms with Gasteiger partial charge in [0.25, 0.3) is 5.91 Å². The molecule has 0 unspecified atom stereocenters. The first-order valence-electron chi connectivity index (χ1n) is 8.18. The molecule has 0 bridgehead atoms. The number of carbonyl (C=O) groups excluding carboxylic acids is 2. The molecular formula is C19H17F3N2O2. The summed E-state index contributed by atoms with van der Waals surface area (Å²) in [6, 6.07) is 8.36. The maximum atomic E-state index is 13.7. The third-order valence-electron chi connectivity index (χ3n) is 4.44. The number of carbonyl (C=O) groups is 2. The highest BCUT2D eigenvalue weighted by molar-refractivity contribution is 5.97. The van der Waals surface area contributed by atoms with Crippen LogP contribution >= 0.6 is 0 Å². The fourth-order valence-electron chi connectivity index (χ4n) is 3.00. The molecule has 0 radical (unpaired) electrons. The lowest BCUT2D eigenvalue weighted by Gasteiger charge is -2.31. The van der Waals surface area contributed by atoms with Crippen molar-refractivity contribution in [3.63, 3.8) is 0 Å². The van der Waals surface area contributed by atoms with Crippen molar-refractivity contribution in [2.24, 2.45) is 0 Å². The van der Waals surface area contributed by atoms with Gasteiger partial charge in [-0.2, -0.15) is 0 Å². The molecule has 1 N–H and O–H groups in total. The van der Waals surface area contributed by atoms with Gasteiger partial charge in [-0.25, -0.2) is 13.2 Å². The third kappa shape index (κ3) is 3.42. The van der Waals surface area contributed by atoms with Crippen LogP contribution in [0.15, 0.2) is 36.4 Å². The van der Waals surface area contributed by atoms with Crippen molar-refractivity contribution < 1.29 is 22.8 Å². The minimum Gasteiger partial charge on any atom is -0.340 e. The molecule has 0 fully saturated rings. The molecule has 1 atom stereocenters. The van der Waals surface area contributed by atoms with Gasteiger partial charge in [0, 0.05) is 13.1 Å². The Kier molecular flexibility index (Phi) is 4.97. The Morgan fingerprint density at radius 2 is 1.73 bits per heavy atom. The lowest BCUT2D eigenvalue weighted by atomic mass is 9.99. The maximum Gasteiger partial charge on any atom is 0.255 e. The average Bonchev–Trinajstić information content (AvgIpc) is 2.65. The van der Waals surface area contributed by atoms with E-state index in [9.17, 15) is 22.8 Å². The number of hydrogen-bond donors (Lipinski definition) is 1. The van der Waals surface area contributed by atoms with Crippen LogP contribution < -0.4 is 5.32 Å². The second kappa shape index (κ2) is 7.19. The number of nitrogens with zero attached hydrogens (tertiary/aromatic N) is 1. The van der Waals surface area contributed by atoms with Gasteiger partial charge in [0.2, 0.25) is 5.91 Å². The summed E-state index contributed by atoms with van der Waals surface area (Å²) in [6.07, 6.45) is 0.709. The van der Waals surface area contributed by atoms with Gasteiger partial charge >= 0.3 is 0 Å². The topological polar surface area (TPSA) is 49.4 Å². The summed E-state index contributed by atoms with van der Waals surface area (Å²) in [5.41, 5.74) is 1.57. The minimum atomic E-state index is -1.72. The standard InChI is InChI=1S/C19H17F3N2O2/c1-11(23-18(25)14-6-7-15(20)17(22)16(14)21)19(26)24-9-8-12-4-2-3-5-13(12)10-24/h2-7,11H,8-10H2,1H3,(H,23,25)/t11-/m0/s1. The van der Waals surface area contributed by atoms with E-state index in [1.165, 1.54) is 12.5 Å². The van der Waals surface area contributed by atoms with Gasteiger partial charge in [0.05, 0.1) is 5.56 Å². The van der Waals surface area contributed by atoms with Crippen molar-refractivity contribution in [1.82, 2.24) is 10.2 Å². The van der Waals surface area contributed by atoms with Gasteiger partial charge in [-0.05, 0) is 36.6 Å². The molecule has 4 nitrogen and oxygen atoms in total. The molecule has 26 heavy (non-hydrogen) atoms. The van der Waals surface area contributed by atoms with Crippen LogP contribution in [0.2, 0.25) is 0 Å². The molecule has 2 aromatic carbocycles. The van der Waals surface area contributed by atoms with Crippen LogP contribution in [0.3, 0.4) is 0 Å². The molecule has 2 aromatic rings. The molecule has 0 saturated carbocycles. The van der Waals surface area contributed by atoms with E-state index >= 15 is 0 Å². The number of fused-ring (bicyclic) bond motifs is 1. The van der Waals surface area contributed by atoms with Crippen LogP contribution in [0.4, 0.5) is 13.2 Å². The molecule has 1 heterocycles. The van der Waals surface area contributed by atoms with Crippen molar-refractivity contribution in [1.29, 1.82) is 0 Å². The van der Waals surface area contributed by atoms with Crippen LogP contribution in [0.5, 0.6) is 0 Å². The largest absolute Gasteiger partial charge is 0.340 e. The lowest BCUT2D eigenvalue weighted by Crippen LogP contribution is -2.48. The fraction of sp³-hybridized carbons (Fsp3) is 0.263. The Labute approximate surface area is 148 Å². The number of benzene rings is 2. The van der Waals surface area contributed by atoms with Gasteiger partial charge in [0.15, 0.2) is 17.5 Å². The summed E-state index contributed by atoms with van der Waals surface area (Å²) in [5, 5.41) is 2.35. The van der Waals surface area contributed by atoms with Gasteiger partial charge in [-0.1, -0.05) is 24.3 Å². The van der Waals surface area contributed by atoms with Crippen molar-refractivity contribution >= 4 is 11.8 Å². The van der Waals surface area contributed by atoms with Crippen LogP contribution in [0.1, 0.15) is 28.4 Å². The van der Waals surface area contributed by atoms with E-state index in [0.717, 1.165) is 11.6 Å². The highest BCUT2D eigenvalue weighted by Crippen LogP contribution is 2.19. The Morgan fingerprint density at radius 1 is 1.04 bits per heavy atom. The molecular weight excluding hydrogens is 345 g/mol. The second-order valence-electron chi connectivity index (χ2n) is 6.20. The lowest BCUT2D eigenvalue weighted by molar-refractivity contribution is -0.133. The van der Waals surface area contributed by atoms with Crippen LogP contribution in [-0.2, 0) is 17.8 Å². The zero-order valence-electron chi connectivity index (χ0n) is 14.1. The van der Waals surface area contributed by atoms with Crippen molar-refractivity contribution in [2.75, 3.05) is 6.54 Å². The Bertz CT molecular complexity index is 870. The minimum absolute atomic E-state index is 0.323. The highest BCUT2D eigenvalue weighted by Gasteiger charge is 2.27. The first-order valence-corrected chi connectivity index (χ1v) is 8.18. The smallest absolute Gasteiger partial charge is 0.255 e. The van der Waals surface area contributed by atoms with E-state index in [0.29, 0.717) is 25.6 Å². The van der Waals surface area contributed by atoms with Crippen molar-refractivity contribution in [3.05, 3.63) is 70.5 Å². The number of nitrogens with one attached hydrogen (secondary N) is 1. The molecule has 136 valence electrons. The first kappa shape index (κ1) is 18.0. The quantitative estimate of drug-likeness (QED) is 0.854. The third-order valence-corrected chi connectivity index (χ3v) is 4.44. The number of amides is 2. The average molecular weight is 362 g/mol. The molecule has 0 saturated heterocycles. The summed E-state index contributed by atoms with van der Waals surface area (Å²) < 4.78 is 40.0. The van der Waals surface area contributed by atoms with E-state index < -0.39 is 35.0 Å². The SMILES string of the molecule is C[C@H](NC(=O)c1ccc(F)c(F)c1F)C(=O)N1CCc2ccccc2C1. The summed E-state index contributed by atoms with van der Waals surface area (Å²) >= 11 is 0. The Hall–Kier alpha value is -2.83. The molecule has 7 heteroatoms. The zero-order chi connectivity index (χ0) is 18.8. The zero-order valence-corrected chi connectivity index (χ0v) is 14.1. The van der Waals surface area contributed by atoms with Crippen LogP contribution in [-0.4, -0.2) is 29.3 Å². The van der Waals surface area contributed by atoms with Gasteiger partial charge in [-0.15, -0.1) is 0 Å². The van der Waals surface area contributed by atoms with E-state index in [4.69, 9.17) is 0 Å². The summed E-state index contributed by atoms with van der Waals surface area (Å²) in [7, 11) is 0. The molecule has 3 rings (SSSR count). The van der Waals surface area contributed by atoms with Gasteiger partial charge < -0.3 is 10.2 Å². The fourth-order valence-corrected chi connectivity index (χ4v) is 3.00. The maximum absolute atomic E-state index is 13.7. The van der Waals surface area contributed by atoms with Crippen LogP contribution in [0.25, 0.3) is 0 Å². The van der Waals surface area contributed by atoms with Crippen molar-refractivity contribution in [2.45, 2.75) is 25.9 Å². The van der Waals surface area contributed by atoms with E-state index in [1.54, 1.807) is 4.90 Å². The predicted molar refractivity (Wildman–Crippen MR) is 88.8 cm³/mol. The molecule has 2 amide bonds. The summed E-state index contributed by atoms with van der Waals surface area (Å²) in [5.74, 6) is -5.97. The number of rotatable bonds is 3. The van der Waals surface area contributed by atoms with Crippen LogP contribution in [0, 0.1) is 17.5 Å².